The maximum absolute atomic E-state index is 12.4. The Bertz CT molecular complexity index is 708. The van der Waals surface area contributed by atoms with Gasteiger partial charge >= 0.3 is 5.97 Å². The Labute approximate surface area is 130 Å². The molecular weight excluding hydrogens is 304 g/mol. The van der Waals surface area contributed by atoms with Crippen molar-refractivity contribution in [3.63, 3.8) is 0 Å². The normalized spacial score (nSPS) is 21.1. The van der Waals surface area contributed by atoms with Crippen LogP contribution >= 0.6 is 11.3 Å². The third-order valence-corrected chi connectivity index (χ3v) is 4.85. The van der Waals surface area contributed by atoms with E-state index in [1.54, 1.807) is 12.1 Å². The molecule has 3 rings (SSSR count). The van der Waals surface area contributed by atoms with Gasteiger partial charge in [0, 0.05) is 6.61 Å². The van der Waals surface area contributed by atoms with Crippen LogP contribution < -0.4 is 5.32 Å². The zero-order valence-corrected chi connectivity index (χ0v) is 12.7. The molecule has 3 heterocycles. The van der Waals surface area contributed by atoms with Crippen molar-refractivity contribution < 1.29 is 19.4 Å². The maximum atomic E-state index is 12.4. The Morgan fingerprint density at radius 1 is 1.55 bits per heavy atom. The van der Waals surface area contributed by atoms with Gasteiger partial charge in [-0.2, -0.15) is 0 Å². The van der Waals surface area contributed by atoms with Crippen molar-refractivity contribution in [2.24, 2.45) is 0 Å². The number of carbonyl (C=O) groups is 2. The standard InChI is InChI=1S/C15H16N2O4S/c1-2-3-15(4-5-21-8-15)17-13(18)10-7-11-9(16-10)6-12(22-11)14(19)20/h2,6-7,16H,1,3-5,8H2,(H,17,18)(H,19,20). The lowest BCUT2D eigenvalue weighted by molar-refractivity contribution is 0.0702. The number of carboxylic acids is 1. The zero-order valence-electron chi connectivity index (χ0n) is 11.8. The van der Waals surface area contributed by atoms with Crippen molar-refractivity contribution in [1.82, 2.24) is 10.3 Å². The number of aromatic amines is 1. The molecule has 0 aliphatic carbocycles. The molecule has 22 heavy (non-hydrogen) atoms. The van der Waals surface area contributed by atoms with Crippen LogP contribution in [-0.2, 0) is 4.74 Å². The minimum absolute atomic E-state index is 0.215. The molecule has 1 amide bonds. The molecule has 0 spiro atoms. The number of H-pyrrole nitrogens is 1. The average Bonchev–Trinajstić information content (AvgIpc) is 3.12. The van der Waals surface area contributed by atoms with Gasteiger partial charge in [0.05, 0.1) is 22.4 Å². The smallest absolute Gasteiger partial charge is 0.345 e. The minimum Gasteiger partial charge on any atom is -0.477 e. The number of ether oxygens (including phenoxy) is 1. The summed E-state index contributed by atoms with van der Waals surface area (Å²) in [5.74, 6) is -1.18. The lowest BCUT2D eigenvalue weighted by Gasteiger charge is -2.27. The molecule has 3 N–H and O–H groups in total. The molecule has 1 unspecified atom stereocenters. The van der Waals surface area contributed by atoms with Crippen molar-refractivity contribution in [3.8, 4) is 0 Å². The molecule has 0 bridgehead atoms. The van der Waals surface area contributed by atoms with Gasteiger partial charge in [0.15, 0.2) is 0 Å². The number of carboxylic acid groups (broad SMARTS) is 1. The van der Waals surface area contributed by atoms with E-state index in [0.29, 0.717) is 30.8 Å². The van der Waals surface area contributed by atoms with Crippen LogP contribution in [0.4, 0.5) is 0 Å². The summed E-state index contributed by atoms with van der Waals surface area (Å²) in [5, 5.41) is 12.0. The van der Waals surface area contributed by atoms with E-state index in [1.807, 2.05) is 0 Å². The SMILES string of the molecule is C=CCC1(NC(=O)c2cc3sc(C(=O)O)cc3[nH]2)CCOC1. The summed E-state index contributed by atoms with van der Waals surface area (Å²) >= 11 is 1.14. The van der Waals surface area contributed by atoms with Gasteiger partial charge in [-0.1, -0.05) is 6.08 Å². The molecule has 116 valence electrons. The number of rotatable bonds is 5. The quantitative estimate of drug-likeness (QED) is 0.738. The molecule has 1 saturated heterocycles. The molecule has 1 aliphatic rings. The predicted molar refractivity (Wildman–Crippen MR) is 83.6 cm³/mol. The topological polar surface area (TPSA) is 91.4 Å². The van der Waals surface area contributed by atoms with Crippen LogP contribution in [-0.4, -0.2) is 40.7 Å². The van der Waals surface area contributed by atoms with Crippen molar-refractivity contribution in [3.05, 3.63) is 35.4 Å². The van der Waals surface area contributed by atoms with E-state index in [4.69, 9.17) is 9.84 Å². The summed E-state index contributed by atoms with van der Waals surface area (Å²) in [7, 11) is 0. The van der Waals surface area contributed by atoms with E-state index in [9.17, 15) is 9.59 Å². The number of hydrogen-bond acceptors (Lipinski definition) is 4. The Hall–Kier alpha value is -2.12. The van der Waals surface area contributed by atoms with Crippen LogP contribution in [0.2, 0.25) is 0 Å². The first-order valence-corrected chi connectivity index (χ1v) is 7.72. The maximum Gasteiger partial charge on any atom is 0.345 e. The van der Waals surface area contributed by atoms with Crippen molar-refractivity contribution in [2.45, 2.75) is 18.4 Å². The first-order valence-electron chi connectivity index (χ1n) is 6.90. The number of aromatic nitrogens is 1. The van der Waals surface area contributed by atoms with E-state index in [1.165, 1.54) is 6.07 Å². The van der Waals surface area contributed by atoms with Gasteiger partial charge in [0.25, 0.3) is 5.91 Å². The number of hydrogen-bond donors (Lipinski definition) is 3. The predicted octanol–water partition coefficient (Wildman–Crippen LogP) is 2.39. The molecule has 1 atom stereocenters. The number of fused-ring (bicyclic) bond motifs is 1. The first kappa shape index (κ1) is 14.8. The average molecular weight is 320 g/mol. The van der Waals surface area contributed by atoms with Gasteiger partial charge in [-0.15, -0.1) is 17.9 Å². The van der Waals surface area contributed by atoms with Crippen LogP contribution in [0.5, 0.6) is 0 Å². The van der Waals surface area contributed by atoms with Crippen LogP contribution in [0.3, 0.4) is 0 Å². The summed E-state index contributed by atoms with van der Waals surface area (Å²) < 4.78 is 6.15. The number of aromatic carboxylic acids is 1. The second kappa shape index (κ2) is 5.58. The van der Waals surface area contributed by atoms with E-state index < -0.39 is 11.5 Å². The molecule has 6 nitrogen and oxygen atoms in total. The molecule has 0 radical (unpaired) electrons. The highest BCUT2D eigenvalue weighted by Crippen LogP contribution is 2.27. The molecule has 1 aliphatic heterocycles. The van der Waals surface area contributed by atoms with E-state index in [-0.39, 0.29) is 10.8 Å². The summed E-state index contributed by atoms with van der Waals surface area (Å²) in [6.45, 7) is 4.83. The van der Waals surface area contributed by atoms with E-state index in [2.05, 4.69) is 16.9 Å². The third kappa shape index (κ3) is 2.65. The molecule has 2 aromatic rings. The second-order valence-electron chi connectivity index (χ2n) is 5.41. The van der Waals surface area contributed by atoms with E-state index >= 15 is 0 Å². The molecule has 2 aromatic heterocycles. The highest BCUT2D eigenvalue weighted by Gasteiger charge is 2.35. The van der Waals surface area contributed by atoms with Crippen molar-refractivity contribution in [1.29, 1.82) is 0 Å². The Morgan fingerprint density at radius 2 is 2.36 bits per heavy atom. The van der Waals surface area contributed by atoms with Crippen LogP contribution in [0.25, 0.3) is 10.2 Å². The van der Waals surface area contributed by atoms with Crippen LogP contribution in [0.15, 0.2) is 24.8 Å². The Morgan fingerprint density at radius 3 is 2.95 bits per heavy atom. The third-order valence-electron chi connectivity index (χ3n) is 3.78. The van der Waals surface area contributed by atoms with Crippen LogP contribution in [0, 0.1) is 0 Å². The molecular formula is C15H16N2O4S. The fourth-order valence-corrected chi connectivity index (χ4v) is 3.55. The van der Waals surface area contributed by atoms with Gasteiger partial charge in [0.1, 0.15) is 10.6 Å². The lowest BCUT2D eigenvalue weighted by atomic mass is 9.94. The van der Waals surface area contributed by atoms with Gasteiger partial charge in [-0.3, -0.25) is 4.79 Å². The Kier molecular flexibility index (Phi) is 3.76. The zero-order chi connectivity index (χ0) is 15.7. The largest absolute Gasteiger partial charge is 0.477 e. The highest BCUT2D eigenvalue weighted by molar-refractivity contribution is 7.20. The fourth-order valence-electron chi connectivity index (χ4n) is 2.65. The number of thiophene rings is 1. The second-order valence-corrected chi connectivity index (χ2v) is 6.49. The lowest BCUT2D eigenvalue weighted by Crippen LogP contribution is -2.48. The highest BCUT2D eigenvalue weighted by atomic mass is 32.1. The fraction of sp³-hybridized carbons (Fsp3) is 0.333. The molecule has 7 heteroatoms. The van der Waals surface area contributed by atoms with Crippen molar-refractivity contribution >= 4 is 33.4 Å². The van der Waals surface area contributed by atoms with Gasteiger partial charge in [-0.05, 0) is 25.0 Å². The summed E-state index contributed by atoms with van der Waals surface area (Å²) in [6.07, 6.45) is 3.18. The summed E-state index contributed by atoms with van der Waals surface area (Å²) in [5.41, 5.74) is 0.686. The molecule has 0 aromatic carbocycles. The number of amides is 1. The Balaban J connectivity index is 1.81. The van der Waals surface area contributed by atoms with Crippen molar-refractivity contribution in [2.75, 3.05) is 13.2 Å². The van der Waals surface area contributed by atoms with Crippen LogP contribution in [0.1, 0.15) is 33.0 Å². The summed E-state index contributed by atoms with van der Waals surface area (Å²) in [6, 6.07) is 3.22. The number of nitrogens with one attached hydrogen (secondary N) is 2. The number of carbonyl (C=O) groups excluding carboxylic acids is 1. The summed E-state index contributed by atoms with van der Waals surface area (Å²) in [4.78, 5) is 26.6. The monoisotopic (exact) mass is 320 g/mol. The van der Waals surface area contributed by atoms with Gasteiger partial charge in [-0.25, -0.2) is 4.79 Å². The first-order chi connectivity index (χ1) is 10.5. The van der Waals surface area contributed by atoms with E-state index in [0.717, 1.165) is 22.5 Å². The molecule has 1 fully saturated rings. The van der Waals surface area contributed by atoms with Gasteiger partial charge < -0.3 is 20.1 Å². The minimum atomic E-state index is -0.964. The molecule has 0 saturated carbocycles. The van der Waals surface area contributed by atoms with Gasteiger partial charge in [0.2, 0.25) is 0 Å².